The Morgan fingerprint density at radius 2 is 2.05 bits per heavy atom. The van der Waals surface area contributed by atoms with E-state index in [1.54, 1.807) is 13.3 Å². The minimum Gasteiger partial charge on any atom is -0.475 e. The predicted octanol–water partition coefficient (Wildman–Crippen LogP) is 2.00. The normalized spacial score (nSPS) is 10.7. The van der Waals surface area contributed by atoms with Crippen molar-refractivity contribution in [3.63, 3.8) is 0 Å². The first-order chi connectivity index (χ1) is 9.27. The second kappa shape index (κ2) is 10.1. The van der Waals surface area contributed by atoms with Crippen LogP contribution in [0.15, 0.2) is 16.7 Å². The summed E-state index contributed by atoms with van der Waals surface area (Å²) in [6.07, 6.45) is 1.73. The van der Waals surface area contributed by atoms with Crippen molar-refractivity contribution >= 4 is 15.9 Å². The van der Waals surface area contributed by atoms with Gasteiger partial charge >= 0.3 is 0 Å². The molecule has 1 rings (SSSR count). The first-order valence-electron chi connectivity index (χ1n) is 6.32. The monoisotopic (exact) mass is 332 g/mol. The topological polar surface area (TPSA) is 52.6 Å². The number of hydrogen-bond donors (Lipinski definition) is 1. The molecule has 0 amide bonds. The van der Waals surface area contributed by atoms with Gasteiger partial charge in [0.25, 0.3) is 0 Å². The summed E-state index contributed by atoms with van der Waals surface area (Å²) >= 11 is 3.41. The van der Waals surface area contributed by atoms with E-state index >= 15 is 0 Å². The molecule has 0 saturated carbocycles. The molecule has 0 atom stereocenters. The summed E-state index contributed by atoms with van der Waals surface area (Å²) in [7, 11) is 1.65. The van der Waals surface area contributed by atoms with Crippen LogP contribution in [0.25, 0.3) is 0 Å². The molecular formula is C13H21BrN2O3. The first kappa shape index (κ1) is 16.4. The fourth-order valence-corrected chi connectivity index (χ4v) is 1.81. The average molecular weight is 333 g/mol. The van der Waals surface area contributed by atoms with Crippen LogP contribution in [0.2, 0.25) is 0 Å². The number of nitrogens with zero attached hydrogens (tertiary/aromatic N) is 1. The Morgan fingerprint density at radius 3 is 2.79 bits per heavy atom. The maximum absolute atomic E-state index is 5.63. The van der Waals surface area contributed by atoms with E-state index in [4.69, 9.17) is 14.2 Å². The quantitative estimate of drug-likeness (QED) is 0.664. The molecule has 108 valence electrons. The summed E-state index contributed by atoms with van der Waals surface area (Å²) in [6, 6.07) is 2.01. The number of methoxy groups -OCH3 is 1. The molecule has 6 heteroatoms. The molecule has 0 aliphatic heterocycles. The zero-order valence-electron chi connectivity index (χ0n) is 11.4. The summed E-state index contributed by atoms with van der Waals surface area (Å²) in [5.41, 5.74) is 1.04. The van der Waals surface area contributed by atoms with Gasteiger partial charge in [-0.05, 0) is 28.5 Å². The Morgan fingerprint density at radius 1 is 1.26 bits per heavy atom. The van der Waals surface area contributed by atoms with Gasteiger partial charge in [-0.3, -0.25) is 0 Å². The van der Waals surface area contributed by atoms with Gasteiger partial charge in [-0.25, -0.2) is 4.98 Å². The summed E-state index contributed by atoms with van der Waals surface area (Å²) in [5.74, 6) is 0.652. The second-order valence-electron chi connectivity index (χ2n) is 3.85. The lowest BCUT2D eigenvalue weighted by atomic mass is 10.2. The van der Waals surface area contributed by atoms with Crippen LogP contribution in [0.3, 0.4) is 0 Å². The van der Waals surface area contributed by atoms with E-state index in [9.17, 15) is 0 Å². The van der Waals surface area contributed by atoms with E-state index < -0.39 is 0 Å². The molecule has 5 nitrogen and oxygen atoms in total. The highest BCUT2D eigenvalue weighted by Gasteiger charge is 2.06. The Labute approximate surface area is 122 Å². The number of hydrogen-bond acceptors (Lipinski definition) is 5. The molecule has 1 heterocycles. The van der Waals surface area contributed by atoms with Crippen LogP contribution in [0, 0.1) is 0 Å². The average Bonchev–Trinajstić information content (AvgIpc) is 2.42. The summed E-state index contributed by atoms with van der Waals surface area (Å²) in [5, 5.41) is 3.26. The molecule has 0 aliphatic rings. The molecule has 0 aliphatic carbocycles. The number of nitrogens with one attached hydrogen (secondary N) is 1. The van der Waals surface area contributed by atoms with Crippen LogP contribution in [0.5, 0.6) is 5.88 Å². The Hall–Kier alpha value is -0.690. The molecule has 1 aromatic heterocycles. The number of pyridine rings is 1. The van der Waals surface area contributed by atoms with E-state index in [2.05, 4.69) is 33.2 Å². The van der Waals surface area contributed by atoms with Crippen molar-refractivity contribution in [2.75, 3.05) is 40.1 Å². The summed E-state index contributed by atoms with van der Waals surface area (Å²) < 4.78 is 16.8. The molecular weight excluding hydrogens is 312 g/mol. The van der Waals surface area contributed by atoms with Crippen LogP contribution in [-0.2, 0) is 16.0 Å². The maximum Gasteiger partial charge on any atom is 0.217 e. The number of aromatic nitrogens is 1. The zero-order valence-corrected chi connectivity index (χ0v) is 13.0. The summed E-state index contributed by atoms with van der Waals surface area (Å²) in [6.45, 7) is 5.91. The fourth-order valence-electron chi connectivity index (χ4n) is 1.43. The molecule has 1 N–H and O–H groups in total. The van der Waals surface area contributed by atoms with Crippen molar-refractivity contribution < 1.29 is 14.2 Å². The van der Waals surface area contributed by atoms with Crippen LogP contribution in [0.1, 0.15) is 12.5 Å². The first-order valence-corrected chi connectivity index (χ1v) is 7.11. The zero-order chi connectivity index (χ0) is 13.9. The minimum atomic E-state index is 0.484. The highest BCUT2D eigenvalue weighted by atomic mass is 79.9. The second-order valence-corrected chi connectivity index (χ2v) is 4.77. The van der Waals surface area contributed by atoms with Gasteiger partial charge in [0.1, 0.15) is 6.61 Å². The van der Waals surface area contributed by atoms with Gasteiger partial charge in [-0.1, -0.05) is 6.92 Å². The van der Waals surface area contributed by atoms with E-state index in [-0.39, 0.29) is 0 Å². The molecule has 0 saturated heterocycles. The molecule has 1 aromatic rings. The third-order valence-corrected chi connectivity index (χ3v) is 2.79. The highest BCUT2D eigenvalue weighted by molar-refractivity contribution is 9.10. The van der Waals surface area contributed by atoms with Crippen molar-refractivity contribution in [1.82, 2.24) is 10.3 Å². The van der Waals surface area contributed by atoms with Gasteiger partial charge in [0.2, 0.25) is 5.88 Å². The third kappa shape index (κ3) is 6.87. The van der Waals surface area contributed by atoms with Crippen molar-refractivity contribution in [3.8, 4) is 5.88 Å². The van der Waals surface area contributed by atoms with Gasteiger partial charge < -0.3 is 19.5 Å². The van der Waals surface area contributed by atoms with E-state index in [0.717, 1.165) is 23.1 Å². The molecule has 0 unspecified atom stereocenters. The lowest BCUT2D eigenvalue weighted by Crippen LogP contribution is -2.15. The van der Waals surface area contributed by atoms with Crippen LogP contribution < -0.4 is 10.1 Å². The Kier molecular flexibility index (Phi) is 8.73. The number of ether oxygens (including phenoxy) is 3. The molecule has 19 heavy (non-hydrogen) atoms. The van der Waals surface area contributed by atoms with Crippen molar-refractivity contribution in [3.05, 3.63) is 22.3 Å². The van der Waals surface area contributed by atoms with Gasteiger partial charge in [0.15, 0.2) is 0 Å². The predicted molar refractivity (Wildman–Crippen MR) is 77.5 cm³/mol. The van der Waals surface area contributed by atoms with Gasteiger partial charge in [0.05, 0.1) is 19.8 Å². The maximum atomic E-state index is 5.63. The lowest BCUT2D eigenvalue weighted by Gasteiger charge is -2.11. The smallest absolute Gasteiger partial charge is 0.217 e. The Bertz CT molecular complexity index is 364. The third-order valence-electron chi connectivity index (χ3n) is 2.36. The lowest BCUT2D eigenvalue weighted by molar-refractivity contribution is 0.0535. The van der Waals surface area contributed by atoms with Crippen molar-refractivity contribution in [1.29, 1.82) is 0 Å². The number of rotatable bonds is 10. The molecule has 0 spiro atoms. The fraction of sp³-hybridized carbons (Fsp3) is 0.615. The summed E-state index contributed by atoms with van der Waals surface area (Å²) in [4.78, 5) is 4.28. The van der Waals surface area contributed by atoms with Crippen LogP contribution in [-0.4, -0.2) is 45.1 Å². The van der Waals surface area contributed by atoms with Crippen molar-refractivity contribution in [2.45, 2.75) is 13.5 Å². The molecule has 0 fully saturated rings. The molecule has 0 radical (unpaired) electrons. The largest absolute Gasteiger partial charge is 0.475 e. The van der Waals surface area contributed by atoms with E-state index in [0.29, 0.717) is 32.3 Å². The van der Waals surface area contributed by atoms with E-state index in [1.165, 1.54) is 0 Å². The van der Waals surface area contributed by atoms with Crippen LogP contribution >= 0.6 is 15.9 Å². The van der Waals surface area contributed by atoms with E-state index in [1.807, 2.05) is 6.07 Å². The van der Waals surface area contributed by atoms with Gasteiger partial charge in [-0.15, -0.1) is 0 Å². The standard InChI is InChI=1S/C13H21BrN2O3/c1-3-15-9-11-8-12(14)10-16-13(11)19-7-6-18-5-4-17-2/h8,10,15H,3-7,9H2,1-2H3. The number of halogens is 1. The molecule has 0 aromatic carbocycles. The van der Waals surface area contributed by atoms with Crippen molar-refractivity contribution in [2.24, 2.45) is 0 Å². The van der Waals surface area contributed by atoms with Gasteiger partial charge in [0, 0.05) is 29.9 Å². The minimum absolute atomic E-state index is 0.484. The SMILES string of the molecule is CCNCc1cc(Br)cnc1OCCOCCOC. The van der Waals surface area contributed by atoms with Crippen LogP contribution in [0.4, 0.5) is 0 Å². The molecule has 0 bridgehead atoms. The highest BCUT2D eigenvalue weighted by Crippen LogP contribution is 2.19. The van der Waals surface area contributed by atoms with Gasteiger partial charge in [-0.2, -0.15) is 0 Å². The Balaban J connectivity index is 2.38.